The first kappa shape index (κ1) is 34.4. The van der Waals surface area contributed by atoms with Crippen LogP contribution in [0.4, 0.5) is 4.39 Å². The molecule has 2 N–H and O–H groups in total. The van der Waals surface area contributed by atoms with Crippen LogP contribution in [0.25, 0.3) is 0 Å². The second-order valence-electron chi connectivity index (χ2n) is 15.3. The molecule has 2 aromatic carbocycles. The van der Waals surface area contributed by atoms with Crippen LogP contribution in [0, 0.1) is 23.1 Å². The summed E-state index contributed by atoms with van der Waals surface area (Å²) in [6, 6.07) is 14.2. The lowest BCUT2D eigenvalue weighted by Crippen LogP contribution is -2.51. The molecule has 266 valence electrons. The molecule has 10 heteroatoms. The lowest BCUT2D eigenvalue weighted by atomic mass is 9.56. The molecule has 9 nitrogen and oxygen atoms in total. The van der Waals surface area contributed by atoms with Gasteiger partial charge in [-0.05, 0) is 130 Å². The van der Waals surface area contributed by atoms with Crippen molar-refractivity contribution in [3.63, 3.8) is 0 Å². The summed E-state index contributed by atoms with van der Waals surface area (Å²) in [4.78, 5) is 41.2. The van der Waals surface area contributed by atoms with Crippen molar-refractivity contribution in [1.82, 2.24) is 15.5 Å². The van der Waals surface area contributed by atoms with E-state index >= 15 is 0 Å². The molecule has 2 aromatic rings. The van der Waals surface area contributed by atoms with Gasteiger partial charge in [-0.15, -0.1) is 0 Å². The lowest BCUT2D eigenvalue weighted by Gasteiger charge is -2.48. The van der Waals surface area contributed by atoms with Crippen LogP contribution in [0.3, 0.4) is 0 Å². The molecular weight excluding hydrogens is 625 g/mol. The van der Waals surface area contributed by atoms with Gasteiger partial charge in [0.25, 0.3) is 5.91 Å². The van der Waals surface area contributed by atoms with E-state index in [1.165, 1.54) is 29.8 Å². The van der Waals surface area contributed by atoms with E-state index in [1.807, 2.05) is 0 Å². The topological polar surface area (TPSA) is 98.4 Å². The van der Waals surface area contributed by atoms with E-state index in [0.29, 0.717) is 55.9 Å². The predicted octanol–water partition coefficient (Wildman–Crippen LogP) is 5.79. The van der Waals surface area contributed by atoms with Gasteiger partial charge in [0.2, 0.25) is 5.91 Å². The predicted molar refractivity (Wildman–Crippen MR) is 183 cm³/mol. The minimum absolute atomic E-state index is 0.0658. The number of benzene rings is 2. The van der Waals surface area contributed by atoms with Gasteiger partial charge in [0.15, 0.2) is 0 Å². The second kappa shape index (κ2) is 15.5. The zero-order valence-electron chi connectivity index (χ0n) is 28.6. The highest BCUT2D eigenvalue weighted by Crippen LogP contribution is 2.56. The number of nitrogens with one attached hydrogen (secondary N) is 2. The van der Waals surface area contributed by atoms with Gasteiger partial charge < -0.3 is 20.1 Å². The fourth-order valence-electron chi connectivity index (χ4n) is 9.40. The van der Waals surface area contributed by atoms with Gasteiger partial charge in [-0.2, -0.15) is 0 Å². The molecule has 0 radical (unpaired) electrons. The van der Waals surface area contributed by atoms with E-state index in [2.05, 4.69) is 39.8 Å². The number of ether oxygens (including phenoxy) is 2. The molecule has 3 aliphatic heterocycles. The molecule has 4 unspecified atom stereocenters. The molecule has 49 heavy (non-hydrogen) atoms. The number of halogens is 1. The monoisotopic (exact) mass is 677 g/mol. The van der Waals surface area contributed by atoms with E-state index in [9.17, 15) is 14.0 Å². The van der Waals surface area contributed by atoms with Crippen LogP contribution in [0.5, 0.6) is 5.75 Å². The molecule has 6 aliphatic rings. The molecule has 6 fully saturated rings. The quantitative estimate of drug-likeness (QED) is 0.230. The fraction of sp³-hybridized carbons (Fsp3) is 0.641. The maximum Gasteiger partial charge on any atom is 0.251 e. The zero-order valence-corrected chi connectivity index (χ0v) is 28.6. The summed E-state index contributed by atoms with van der Waals surface area (Å²) in [6.07, 6.45) is 10.2. The van der Waals surface area contributed by atoms with Crippen molar-refractivity contribution in [2.45, 2.75) is 88.3 Å². The summed E-state index contributed by atoms with van der Waals surface area (Å²) in [5.74, 6) is 1.84. The fourth-order valence-corrected chi connectivity index (χ4v) is 9.40. The van der Waals surface area contributed by atoms with Crippen molar-refractivity contribution in [3.8, 4) is 5.75 Å². The Hall–Kier alpha value is -3.05. The van der Waals surface area contributed by atoms with Crippen molar-refractivity contribution < 1.29 is 33.2 Å². The number of morpholine rings is 1. The van der Waals surface area contributed by atoms with Crippen molar-refractivity contribution in [2.24, 2.45) is 17.3 Å². The highest BCUT2D eigenvalue weighted by Gasteiger charge is 2.54. The van der Waals surface area contributed by atoms with Crippen molar-refractivity contribution in [3.05, 3.63) is 65.5 Å². The Morgan fingerprint density at radius 2 is 1.61 bits per heavy atom. The van der Waals surface area contributed by atoms with Crippen LogP contribution in [0.1, 0.15) is 92.5 Å². The Labute approximate surface area is 289 Å². The number of hydrogen-bond donors (Lipinski definition) is 2. The molecule has 1 spiro atoms. The Kier molecular flexibility index (Phi) is 10.9. The summed E-state index contributed by atoms with van der Waals surface area (Å²) in [5, 5.41) is 6.06. The number of amides is 2. The van der Waals surface area contributed by atoms with E-state index < -0.39 is 5.41 Å². The molecule has 2 amide bonds. The number of carbonyl (C=O) groups is 2. The van der Waals surface area contributed by atoms with Crippen LogP contribution in [-0.2, 0) is 19.3 Å². The molecule has 8 rings (SSSR count). The van der Waals surface area contributed by atoms with E-state index in [-0.39, 0.29) is 29.3 Å². The Balaban J connectivity index is 0.884. The van der Waals surface area contributed by atoms with Gasteiger partial charge in [0.05, 0.1) is 24.7 Å². The minimum atomic E-state index is -0.425. The average Bonchev–Trinajstić information content (AvgIpc) is 3.19. The third-order valence-electron chi connectivity index (χ3n) is 11.8. The van der Waals surface area contributed by atoms with Crippen molar-refractivity contribution in [1.29, 1.82) is 0 Å². The van der Waals surface area contributed by atoms with Gasteiger partial charge in [-0.3, -0.25) is 14.5 Å². The van der Waals surface area contributed by atoms with Crippen LogP contribution in [0.15, 0.2) is 48.5 Å². The summed E-state index contributed by atoms with van der Waals surface area (Å²) < 4.78 is 24.6. The molecule has 0 aromatic heterocycles. The van der Waals surface area contributed by atoms with Crippen molar-refractivity contribution in [2.75, 3.05) is 52.5 Å². The largest absolute Gasteiger partial charge is 0.492 e. The Bertz CT molecular complexity index is 1410. The highest BCUT2D eigenvalue weighted by atomic mass is 19.1. The van der Waals surface area contributed by atoms with Crippen LogP contribution >= 0.6 is 0 Å². The Morgan fingerprint density at radius 3 is 2.39 bits per heavy atom. The van der Waals surface area contributed by atoms with Gasteiger partial charge >= 0.3 is 0 Å². The first-order chi connectivity index (χ1) is 23.9. The number of nitrogens with zero attached hydrogens (tertiary/aromatic N) is 1. The summed E-state index contributed by atoms with van der Waals surface area (Å²) in [7, 11) is 0. The molecular formula is C39H52FN3O6. The van der Waals surface area contributed by atoms with Crippen LogP contribution < -0.4 is 15.4 Å². The van der Waals surface area contributed by atoms with E-state index in [0.717, 1.165) is 96.4 Å². The number of fused-ring (bicyclic) bond motifs is 1. The molecule has 3 saturated carbocycles. The standard InChI is InChI=1S/C39H52FN3O6/c40-33-6-2-32(3-7-33)36(44)41-14-1-15-42-37(45)38-24-28-22-29(25-38)26-39(49-48-35(23-28)27-38)12-10-31(11-13-39)30-4-8-34(9-5-30)47-21-18-43-16-19-46-20-17-43/h2-9,28-29,31,35H,1,10-27H2,(H,41,44)(H,42,45)/t28?,29?,31-,35?,38?,39+. The minimum Gasteiger partial charge on any atom is -0.492 e. The van der Waals surface area contributed by atoms with E-state index in [1.54, 1.807) is 0 Å². The summed E-state index contributed by atoms with van der Waals surface area (Å²) >= 11 is 0. The van der Waals surface area contributed by atoms with Crippen LogP contribution in [-0.4, -0.2) is 81.0 Å². The molecule has 3 heterocycles. The van der Waals surface area contributed by atoms with Crippen LogP contribution in [0.2, 0.25) is 0 Å². The first-order valence-corrected chi connectivity index (χ1v) is 18.6. The number of hydrogen-bond acceptors (Lipinski definition) is 7. The molecule has 3 saturated heterocycles. The average molecular weight is 678 g/mol. The zero-order chi connectivity index (χ0) is 33.7. The third-order valence-corrected chi connectivity index (χ3v) is 11.8. The smallest absolute Gasteiger partial charge is 0.251 e. The first-order valence-electron chi connectivity index (χ1n) is 18.6. The Morgan fingerprint density at radius 1 is 0.878 bits per heavy atom. The lowest BCUT2D eigenvalue weighted by molar-refractivity contribution is -0.395. The van der Waals surface area contributed by atoms with Gasteiger partial charge in [-0.25, -0.2) is 14.2 Å². The normalized spacial score (nSPS) is 31.4. The maximum atomic E-state index is 13.8. The molecule has 3 aliphatic carbocycles. The summed E-state index contributed by atoms with van der Waals surface area (Å²) in [5.41, 5.74) is 1.07. The van der Waals surface area contributed by atoms with Gasteiger partial charge in [-0.1, -0.05) is 12.1 Å². The summed E-state index contributed by atoms with van der Waals surface area (Å²) in [6.45, 7) is 6.11. The van der Waals surface area contributed by atoms with Gasteiger partial charge in [0.1, 0.15) is 23.8 Å². The van der Waals surface area contributed by atoms with Crippen molar-refractivity contribution >= 4 is 11.8 Å². The third kappa shape index (κ3) is 8.47. The number of carbonyl (C=O) groups excluding carboxylic acids is 2. The van der Waals surface area contributed by atoms with Gasteiger partial charge in [0, 0.05) is 38.3 Å². The number of rotatable bonds is 11. The molecule has 4 bridgehead atoms. The second-order valence-corrected chi connectivity index (χ2v) is 15.3. The SMILES string of the molecule is O=C(NCCCNC(=O)C12CC3CC(C1)C[C@]1(CC[C@H](c4ccc(OCCN5CCOCC5)cc4)CC1)OOC(C3)C2)c1ccc(F)cc1. The highest BCUT2D eigenvalue weighted by molar-refractivity contribution is 5.94. The molecule has 4 atom stereocenters. The van der Waals surface area contributed by atoms with E-state index in [4.69, 9.17) is 19.2 Å². The maximum absolute atomic E-state index is 13.8.